The van der Waals surface area contributed by atoms with E-state index in [0.29, 0.717) is 17.1 Å². The predicted molar refractivity (Wildman–Crippen MR) is 80.8 cm³/mol. The largest absolute Gasteiger partial charge is 0.326 e. The number of hydrogen-bond donors (Lipinski definition) is 1. The van der Waals surface area contributed by atoms with Crippen LogP contribution < -0.4 is 5.73 Å². The van der Waals surface area contributed by atoms with Crippen LogP contribution in [-0.2, 0) is 6.54 Å². The van der Waals surface area contributed by atoms with E-state index in [1.54, 1.807) is 12.1 Å². The first-order valence-corrected chi connectivity index (χ1v) is 7.15. The zero-order chi connectivity index (χ0) is 13.9. The van der Waals surface area contributed by atoms with E-state index in [1.165, 1.54) is 17.4 Å². The fourth-order valence-corrected chi connectivity index (χ4v) is 2.83. The highest BCUT2D eigenvalue weighted by Crippen LogP contribution is 2.30. The molecule has 0 amide bonds. The third-order valence-corrected chi connectivity index (χ3v) is 3.97. The lowest BCUT2D eigenvalue weighted by atomic mass is 10.1. The summed E-state index contributed by atoms with van der Waals surface area (Å²) in [6.45, 7) is 0.526. The maximum atomic E-state index is 13.7. The summed E-state index contributed by atoms with van der Waals surface area (Å²) < 4.78 is 13.7. The monoisotopic (exact) mass is 284 g/mol. The molecule has 0 aliphatic rings. The summed E-state index contributed by atoms with van der Waals surface area (Å²) in [6.07, 6.45) is 0. The average molecular weight is 284 g/mol. The lowest BCUT2D eigenvalue weighted by Gasteiger charge is -2.00. The summed E-state index contributed by atoms with van der Waals surface area (Å²) >= 11 is 1.45. The van der Waals surface area contributed by atoms with Crippen LogP contribution in [0.1, 0.15) is 5.56 Å². The van der Waals surface area contributed by atoms with Crippen molar-refractivity contribution in [3.8, 4) is 21.8 Å². The molecule has 1 aromatic heterocycles. The van der Waals surface area contributed by atoms with Crippen molar-refractivity contribution in [1.82, 2.24) is 4.98 Å². The quantitative estimate of drug-likeness (QED) is 0.787. The molecule has 0 saturated heterocycles. The number of thiazole rings is 1. The van der Waals surface area contributed by atoms with E-state index in [-0.39, 0.29) is 5.82 Å². The summed E-state index contributed by atoms with van der Waals surface area (Å²) in [6, 6.07) is 14.6. The number of hydrogen-bond acceptors (Lipinski definition) is 3. The minimum Gasteiger partial charge on any atom is -0.326 e. The van der Waals surface area contributed by atoms with Crippen LogP contribution in [0.15, 0.2) is 53.9 Å². The van der Waals surface area contributed by atoms with Gasteiger partial charge in [-0.05, 0) is 17.7 Å². The fourth-order valence-electron chi connectivity index (χ4n) is 1.98. The second-order valence-corrected chi connectivity index (χ2v) is 5.28. The van der Waals surface area contributed by atoms with Gasteiger partial charge in [0, 0.05) is 23.1 Å². The van der Waals surface area contributed by atoms with Gasteiger partial charge in [0.15, 0.2) is 0 Å². The van der Waals surface area contributed by atoms with Crippen molar-refractivity contribution in [2.45, 2.75) is 6.54 Å². The predicted octanol–water partition coefficient (Wildman–Crippen LogP) is 4.07. The van der Waals surface area contributed by atoms with Gasteiger partial charge >= 0.3 is 0 Å². The Bertz CT molecular complexity index is 719. The molecular formula is C16H13FN2S. The van der Waals surface area contributed by atoms with E-state index in [4.69, 9.17) is 5.73 Å². The van der Waals surface area contributed by atoms with Crippen molar-refractivity contribution in [3.63, 3.8) is 0 Å². The summed E-state index contributed by atoms with van der Waals surface area (Å²) in [7, 11) is 0. The third kappa shape index (κ3) is 2.48. The molecule has 0 unspecified atom stereocenters. The molecule has 4 heteroatoms. The zero-order valence-electron chi connectivity index (χ0n) is 10.7. The van der Waals surface area contributed by atoms with Crippen LogP contribution in [0.3, 0.4) is 0 Å². The molecule has 1 heterocycles. The summed E-state index contributed by atoms with van der Waals surface area (Å²) in [5.41, 5.74) is 9.08. The van der Waals surface area contributed by atoms with E-state index >= 15 is 0 Å². The van der Waals surface area contributed by atoms with Gasteiger partial charge in [-0.25, -0.2) is 9.37 Å². The number of nitrogens with zero attached hydrogens (tertiary/aromatic N) is 1. The molecule has 0 aliphatic heterocycles. The summed E-state index contributed by atoms with van der Waals surface area (Å²) in [4.78, 5) is 4.51. The van der Waals surface area contributed by atoms with Crippen LogP contribution in [0.25, 0.3) is 21.8 Å². The minimum absolute atomic E-state index is 0.244. The van der Waals surface area contributed by atoms with E-state index < -0.39 is 0 Å². The van der Waals surface area contributed by atoms with Gasteiger partial charge in [-0.3, -0.25) is 0 Å². The molecule has 0 spiro atoms. The lowest BCUT2D eigenvalue weighted by Crippen LogP contribution is -1.95. The Hall–Kier alpha value is -2.04. The SMILES string of the molecule is NCc1ccc(-c2csc(-c3ccccc3F)n2)cc1. The van der Waals surface area contributed by atoms with Crippen molar-refractivity contribution in [3.05, 3.63) is 65.3 Å². The minimum atomic E-state index is -0.244. The van der Waals surface area contributed by atoms with E-state index in [9.17, 15) is 4.39 Å². The van der Waals surface area contributed by atoms with Crippen LogP contribution in [0.2, 0.25) is 0 Å². The molecule has 0 radical (unpaired) electrons. The highest BCUT2D eigenvalue weighted by molar-refractivity contribution is 7.13. The van der Waals surface area contributed by atoms with Gasteiger partial charge in [-0.2, -0.15) is 0 Å². The van der Waals surface area contributed by atoms with Crippen LogP contribution in [0, 0.1) is 5.82 Å². The van der Waals surface area contributed by atoms with Gasteiger partial charge < -0.3 is 5.73 Å². The first-order chi connectivity index (χ1) is 9.78. The number of benzene rings is 2. The molecule has 3 rings (SSSR count). The molecular weight excluding hydrogens is 271 g/mol. The van der Waals surface area contributed by atoms with Crippen molar-refractivity contribution < 1.29 is 4.39 Å². The molecule has 0 atom stereocenters. The number of rotatable bonds is 3. The number of aromatic nitrogens is 1. The Morgan fingerprint density at radius 3 is 2.50 bits per heavy atom. The topological polar surface area (TPSA) is 38.9 Å². The Morgan fingerprint density at radius 2 is 1.80 bits per heavy atom. The van der Waals surface area contributed by atoms with Crippen LogP contribution in [0.5, 0.6) is 0 Å². The average Bonchev–Trinajstić information content (AvgIpc) is 2.97. The van der Waals surface area contributed by atoms with Gasteiger partial charge in [0.2, 0.25) is 0 Å². The van der Waals surface area contributed by atoms with Gasteiger partial charge in [0.05, 0.1) is 5.69 Å². The molecule has 2 N–H and O–H groups in total. The van der Waals surface area contributed by atoms with Crippen LogP contribution in [0.4, 0.5) is 4.39 Å². The normalized spacial score (nSPS) is 10.7. The maximum absolute atomic E-state index is 13.7. The van der Waals surface area contributed by atoms with E-state index in [2.05, 4.69) is 4.98 Å². The van der Waals surface area contributed by atoms with Crippen molar-refractivity contribution >= 4 is 11.3 Å². The Kier molecular flexibility index (Phi) is 3.58. The Labute approximate surface area is 120 Å². The van der Waals surface area contributed by atoms with Crippen molar-refractivity contribution in [2.75, 3.05) is 0 Å². The molecule has 100 valence electrons. The molecule has 20 heavy (non-hydrogen) atoms. The van der Waals surface area contributed by atoms with E-state index in [0.717, 1.165) is 16.8 Å². The maximum Gasteiger partial charge on any atom is 0.133 e. The van der Waals surface area contributed by atoms with Crippen LogP contribution >= 0.6 is 11.3 Å². The Balaban J connectivity index is 1.95. The summed E-state index contributed by atoms with van der Waals surface area (Å²) in [5.74, 6) is -0.244. The van der Waals surface area contributed by atoms with E-state index in [1.807, 2.05) is 35.7 Å². The van der Waals surface area contributed by atoms with Crippen molar-refractivity contribution in [2.24, 2.45) is 5.73 Å². The molecule has 2 nitrogen and oxygen atoms in total. The fraction of sp³-hybridized carbons (Fsp3) is 0.0625. The second kappa shape index (κ2) is 5.53. The summed E-state index contributed by atoms with van der Waals surface area (Å²) in [5, 5.41) is 2.64. The molecule has 2 aromatic carbocycles. The van der Waals surface area contributed by atoms with Gasteiger partial charge in [-0.1, -0.05) is 36.4 Å². The highest BCUT2D eigenvalue weighted by Gasteiger charge is 2.10. The van der Waals surface area contributed by atoms with Gasteiger partial charge in [0.1, 0.15) is 10.8 Å². The molecule has 0 aliphatic carbocycles. The van der Waals surface area contributed by atoms with Crippen molar-refractivity contribution in [1.29, 1.82) is 0 Å². The lowest BCUT2D eigenvalue weighted by molar-refractivity contribution is 0.631. The Morgan fingerprint density at radius 1 is 1.05 bits per heavy atom. The third-order valence-electron chi connectivity index (χ3n) is 3.09. The molecule has 0 fully saturated rings. The van der Waals surface area contributed by atoms with Gasteiger partial charge in [0.25, 0.3) is 0 Å². The first kappa shape index (κ1) is 13.0. The van der Waals surface area contributed by atoms with Gasteiger partial charge in [-0.15, -0.1) is 11.3 Å². The highest BCUT2D eigenvalue weighted by atomic mass is 32.1. The second-order valence-electron chi connectivity index (χ2n) is 4.42. The zero-order valence-corrected chi connectivity index (χ0v) is 11.5. The number of halogens is 1. The molecule has 0 saturated carbocycles. The number of nitrogens with two attached hydrogens (primary N) is 1. The first-order valence-electron chi connectivity index (χ1n) is 6.28. The molecule has 3 aromatic rings. The molecule has 0 bridgehead atoms. The van der Waals surface area contributed by atoms with Crippen LogP contribution in [-0.4, -0.2) is 4.98 Å². The smallest absolute Gasteiger partial charge is 0.133 e. The standard InChI is InChI=1S/C16H13FN2S/c17-14-4-2-1-3-13(14)16-19-15(10-20-16)12-7-5-11(9-18)6-8-12/h1-8,10H,9,18H2.